The van der Waals surface area contributed by atoms with Gasteiger partial charge < -0.3 is 15.7 Å². The maximum atomic E-state index is 12.0. The van der Waals surface area contributed by atoms with Crippen molar-refractivity contribution in [3.63, 3.8) is 0 Å². The number of hydrogen-bond acceptors (Lipinski definition) is 3. The van der Waals surface area contributed by atoms with Crippen LogP contribution in [0.4, 0.5) is 0 Å². The van der Waals surface area contributed by atoms with Crippen LogP contribution in [-0.4, -0.2) is 42.2 Å². The van der Waals surface area contributed by atoms with Crippen LogP contribution in [0.1, 0.15) is 45.4 Å². The molecule has 3 N–H and O–H groups in total. The van der Waals surface area contributed by atoms with E-state index in [1.165, 1.54) is 12.8 Å². The van der Waals surface area contributed by atoms with Crippen molar-refractivity contribution >= 4 is 5.91 Å². The van der Waals surface area contributed by atoms with E-state index in [-0.39, 0.29) is 12.0 Å². The highest BCUT2D eigenvalue weighted by molar-refractivity contribution is 5.76. The van der Waals surface area contributed by atoms with Crippen molar-refractivity contribution in [2.45, 2.75) is 51.6 Å². The predicted octanol–water partition coefficient (Wildman–Crippen LogP) is 1.37. The minimum Gasteiger partial charge on any atom is -0.393 e. The summed E-state index contributed by atoms with van der Waals surface area (Å²) in [5.41, 5.74) is 5.67. The lowest BCUT2D eigenvalue weighted by Crippen LogP contribution is -2.32. The van der Waals surface area contributed by atoms with E-state index in [0.717, 1.165) is 19.4 Å². The van der Waals surface area contributed by atoms with Crippen LogP contribution in [0, 0.1) is 11.8 Å². The molecule has 1 fully saturated rings. The number of amides is 1. The molecule has 0 heterocycles. The number of carbonyl (C=O) groups excluding carboxylic acids is 1. The van der Waals surface area contributed by atoms with Gasteiger partial charge in [-0.05, 0) is 57.4 Å². The van der Waals surface area contributed by atoms with Gasteiger partial charge in [0.15, 0.2) is 0 Å². The van der Waals surface area contributed by atoms with E-state index in [2.05, 4.69) is 0 Å². The van der Waals surface area contributed by atoms with Gasteiger partial charge in [0.25, 0.3) is 0 Å². The number of nitrogens with zero attached hydrogens (tertiary/aromatic N) is 1. The maximum Gasteiger partial charge on any atom is 0.222 e. The first-order valence-electron chi connectivity index (χ1n) is 7.15. The Labute approximate surface area is 111 Å². The Morgan fingerprint density at radius 2 is 1.89 bits per heavy atom. The molecule has 4 nitrogen and oxygen atoms in total. The molecule has 0 bridgehead atoms. The third-order valence-electron chi connectivity index (χ3n) is 4.07. The number of rotatable bonds is 6. The zero-order valence-corrected chi connectivity index (χ0v) is 11.8. The van der Waals surface area contributed by atoms with Gasteiger partial charge in [-0.2, -0.15) is 0 Å². The maximum absolute atomic E-state index is 12.0. The molecular formula is C14H28N2O2. The number of nitrogens with two attached hydrogens (primary N) is 1. The second kappa shape index (κ2) is 7.74. The molecule has 0 radical (unpaired) electrons. The molecule has 0 aromatic rings. The van der Waals surface area contributed by atoms with Gasteiger partial charge in [-0.3, -0.25) is 4.79 Å². The predicted molar refractivity (Wildman–Crippen MR) is 73.1 cm³/mol. The van der Waals surface area contributed by atoms with Crippen molar-refractivity contribution in [3.05, 3.63) is 0 Å². The van der Waals surface area contributed by atoms with Crippen LogP contribution in [0.5, 0.6) is 0 Å². The van der Waals surface area contributed by atoms with Crippen molar-refractivity contribution in [2.24, 2.45) is 17.6 Å². The van der Waals surface area contributed by atoms with Gasteiger partial charge in [0.05, 0.1) is 6.10 Å². The number of aliphatic hydroxyl groups excluding tert-OH is 1. The fourth-order valence-corrected chi connectivity index (χ4v) is 2.58. The lowest BCUT2D eigenvalue weighted by Gasteiger charge is -2.28. The van der Waals surface area contributed by atoms with Crippen molar-refractivity contribution < 1.29 is 9.90 Å². The van der Waals surface area contributed by atoms with Crippen LogP contribution in [0.15, 0.2) is 0 Å². The summed E-state index contributed by atoms with van der Waals surface area (Å²) in [4.78, 5) is 13.7. The average Bonchev–Trinajstić information content (AvgIpc) is 2.36. The molecule has 0 aliphatic heterocycles. The molecule has 1 rings (SSSR count). The highest BCUT2D eigenvalue weighted by atomic mass is 16.3. The average molecular weight is 256 g/mol. The van der Waals surface area contributed by atoms with Gasteiger partial charge in [-0.1, -0.05) is 0 Å². The van der Waals surface area contributed by atoms with Gasteiger partial charge in [0.2, 0.25) is 5.91 Å². The Balaban J connectivity index is 2.23. The van der Waals surface area contributed by atoms with Gasteiger partial charge in [0.1, 0.15) is 0 Å². The highest BCUT2D eigenvalue weighted by Gasteiger charge is 2.23. The van der Waals surface area contributed by atoms with Crippen LogP contribution in [0.2, 0.25) is 0 Å². The molecule has 0 aromatic heterocycles. The molecule has 1 atom stereocenters. The fourth-order valence-electron chi connectivity index (χ4n) is 2.58. The van der Waals surface area contributed by atoms with Gasteiger partial charge in [-0.15, -0.1) is 0 Å². The van der Waals surface area contributed by atoms with E-state index in [0.29, 0.717) is 31.2 Å². The molecule has 1 unspecified atom stereocenters. The van der Waals surface area contributed by atoms with E-state index >= 15 is 0 Å². The molecule has 1 aliphatic carbocycles. The molecule has 4 heteroatoms. The Morgan fingerprint density at radius 3 is 2.39 bits per heavy atom. The third kappa shape index (κ3) is 5.36. The van der Waals surface area contributed by atoms with Gasteiger partial charge in [0, 0.05) is 20.0 Å². The van der Waals surface area contributed by atoms with Crippen molar-refractivity contribution in [2.75, 3.05) is 20.1 Å². The second-order valence-electron chi connectivity index (χ2n) is 5.78. The molecule has 18 heavy (non-hydrogen) atoms. The smallest absolute Gasteiger partial charge is 0.222 e. The molecule has 106 valence electrons. The minimum atomic E-state index is -0.333. The molecule has 0 saturated heterocycles. The Kier molecular flexibility index (Phi) is 6.65. The monoisotopic (exact) mass is 256 g/mol. The molecule has 0 aromatic carbocycles. The molecule has 0 spiro atoms. The zero-order chi connectivity index (χ0) is 13.5. The zero-order valence-electron chi connectivity index (χ0n) is 11.8. The first-order chi connectivity index (χ1) is 8.52. The van der Waals surface area contributed by atoms with Gasteiger partial charge in [-0.25, -0.2) is 0 Å². The Bertz CT molecular complexity index is 248. The first kappa shape index (κ1) is 15.4. The summed E-state index contributed by atoms with van der Waals surface area (Å²) in [5.74, 6) is 1.42. The minimum absolute atomic E-state index is 0.215. The molecule has 1 saturated carbocycles. The summed E-state index contributed by atoms with van der Waals surface area (Å²) >= 11 is 0. The summed E-state index contributed by atoms with van der Waals surface area (Å²) in [6.45, 7) is 3.19. The largest absolute Gasteiger partial charge is 0.393 e. The van der Waals surface area contributed by atoms with Crippen molar-refractivity contribution in [1.82, 2.24) is 4.90 Å². The van der Waals surface area contributed by atoms with Crippen LogP contribution in [0.3, 0.4) is 0 Å². The van der Waals surface area contributed by atoms with Crippen molar-refractivity contribution in [3.8, 4) is 0 Å². The van der Waals surface area contributed by atoms with Crippen LogP contribution >= 0.6 is 0 Å². The normalized spacial score (nSPS) is 25.8. The number of hydrogen-bond donors (Lipinski definition) is 2. The summed E-state index contributed by atoms with van der Waals surface area (Å²) in [6.07, 6.45) is 5.60. The highest BCUT2D eigenvalue weighted by Crippen LogP contribution is 2.30. The van der Waals surface area contributed by atoms with Crippen LogP contribution in [0.25, 0.3) is 0 Å². The number of carbonyl (C=O) groups is 1. The van der Waals surface area contributed by atoms with Gasteiger partial charge >= 0.3 is 0 Å². The van der Waals surface area contributed by atoms with Crippen LogP contribution in [-0.2, 0) is 4.79 Å². The lowest BCUT2D eigenvalue weighted by molar-refractivity contribution is -0.131. The molecule has 1 amide bonds. The van der Waals surface area contributed by atoms with Crippen LogP contribution < -0.4 is 5.73 Å². The summed E-state index contributed by atoms with van der Waals surface area (Å²) in [5, 5.41) is 9.21. The Morgan fingerprint density at radius 1 is 1.33 bits per heavy atom. The summed E-state index contributed by atoms with van der Waals surface area (Å²) in [7, 11) is 1.83. The standard InChI is InChI=1S/C14H28N2O2/c1-11(17)7-8-16(2)14(18)9-12-3-5-13(10-15)6-4-12/h11-13,17H,3-10,15H2,1-2H3. The third-order valence-corrected chi connectivity index (χ3v) is 4.07. The van der Waals surface area contributed by atoms with E-state index in [1.54, 1.807) is 11.8 Å². The van der Waals surface area contributed by atoms with E-state index in [9.17, 15) is 9.90 Å². The van der Waals surface area contributed by atoms with E-state index in [4.69, 9.17) is 5.73 Å². The summed E-state index contributed by atoms with van der Waals surface area (Å²) in [6, 6.07) is 0. The second-order valence-corrected chi connectivity index (χ2v) is 5.78. The quantitative estimate of drug-likeness (QED) is 0.754. The van der Waals surface area contributed by atoms with Crippen molar-refractivity contribution in [1.29, 1.82) is 0 Å². The first-order valence-corrected chi connectivity index (χ1v) is 7.15. The van der Waals surface area contributed by atoms with E-state index in [1.807, 2.05) is 7.05 Å². The fraction of sp³-hybridized carbons (Fsp3) is 0.929. The SMILES string of the molecule is CC(O)CCN(C)C(=O)CC1CCC(CN)CC1. The van der Waals surface area contributed by atoms with E-state index < -0.39 is 0 Å². The molecule has 1 aliphatic rings. The lowest BCUT2D eigenvalue weighted by atomic mass is 9.80. The Hall–Kier alpha value is -0.610. The topological polar surface area (TPSA) is 66.6 Å². The molecular weight excluding hydrogens is 228 g/mol. The number of aliphatic hydroxyl groups is 1. The summed E-state index contributed by atoms with van der Waals surface area (Å²) < 4.78 is 0.